The van der Waals surface area contributed by atoms with Crippen LogP contribution >= 0.6 is 0 Å². The maximum Gasteiger partial charge on any atom is 0.337 e. The SMILES string of the molecule is COc1ccc(-n2c(C)cc(C(=O)NCC(O)C(=O)OC(C)(C)C)c2C)cc1. The van der Waals surface area contributed by atoms with E-state index in [9.17, 15) is 14.7 Å². The van der Waals surface area contributed by atoms with Crippen LogP contribution in [-0.4, -0.2) is 46.9 Å². The van der Waals surface area contributed by atoms with E-state index in [2.05, 4.69) is 5.32 Å². The molecule has 2 aromatic rings. The molecule has 2 rings (SSSR count). The molecule has 0 aliphatic carbocycles. The van der Waals surface area contributed by atoms with Crippen LogP contribution in [0.5, 0.6) is 5.75 Å². The Morgan fingerprint density at radius 1 is 1.18 bits per heavy atom. The summed E-state index contributed by atoms with van der Waals surface area (Å²) >= 11 is 0. The van der Waals surface area contributed by atoms with Crippen LogP contribution in [0.15, 0.2) is 30.3 Å². The highest BCUT2D eigenvalue weighted by Gasteiger charge is 2.24. The second kappa shape index (κ2) is 8.48. The molecule has 0 aliphatic heterocycles. The number of hydrogen-bond acceptors (Lipinski definition) is 5. The summed E-state index contributed by atoms with van der Waals surface area (Å²) in [5.74, 6) is -0.382. The molecule has 7 heteroatoms. The zero-order valence-electron chi connectivity index (χ0n) is 17.2. The monoisotopic (exact) mass is 388 g/mol. The molecule has 1 aromatic heterocycles. The molecule has 7 nitrogen and oxygen atoms in total. The van der Waals surface area contributed by atoms with Gasteiger partial charge in [-0.25, -0.2) is 4.79 Å². The van der Waals surface area contributed by atoms with Crippen molar-refractivity contribution in [3.05, 3.63) is 47.3 Å². The van der Waals surface area contributed by atoms with Gasteiger partial charge in [0, 0.05) is 17.1 Å². The summed E-state index contributed by atoms with van der Waals surface area (Å²) in [5.41, 5.74) is 2.33. The molecule has 2 N–H and O–H groups in total. The van der Waals surface area contributed by atoms with Gasteiger partial charge >= 0.3 is 5.97 Å². The number of carbonyl (C=O) groups is 2. The van der Waals surface area contributed by atoms with Crippen LogP contribution in [0.3, 0.4) is 0 Å². The van der Waals surface area contributed by atoms with Crippen molar-refractivity contribution in [1.82, 2.24) is 9.88 Å². The molecule has 1 unspecified atom stereocenters. The number of methoxy groups -OCH3 is 1. The number of esters is 1. The van der Waals surface area contributed by atoms with Gasteiger partial charge in [0.15, 0.2) is 6.10 Å². The van der Waals surface area contributed by atoms with Crippen molar-refractivity contribution in [2.75, 3.05) is 13.7 Å². The van der Waals surface area contributed by atoms with Gasteiger partial charge < -0.3 is 24.5 Å². The maximum atomic E-state index is 12.6. The highest BCUT2D eigenvalue weighted by molar-refractivity contribution is 5.96. The largest absolute Gasteiger partial charge is 0.497 e. The molecule has 28 heavy (non-hydrogen) atoms. The first-order valence-corrected chi connectivity index (χ1v) is 9.06. The van der Waals surface area contributed by atoms with Crippen LogP contribution < -0.4 is 10.1 Å². The number of ether oxygens (including phenoxy) is 2. The third kappa shape index (κ3) is 5.13. The molecule has 0 radical (unpaired) electrons. The molecule has 0 aliphatic rings. The Morgan fingerprint density at radius 3 is 2.32 bits per heavy atom. The minimum Gasteiger partial charge on any atom is -0.497 e. The van der Waals surface area contributed by atoms with Crippen LogP contribution in [0.25, 0.3) is 5.69 Å². The van der Waals surface area contributed by atoms with Gasteiger partial charge in [0.2, 0.25) is 0 Å². The van der Waals surface area contributed by atoms with Gasteiger partial charge in [-0.05, 0) is 65.0 Å². The normalized spacial score (nSPS) is 12.4. The number of amides is 1. The van der Waals surface area contributed by atoms with Gasteiger partial charge in [-0.3, -0.25) is 4.79 Å². The topological polar surface area (TPSA) is 89.8 Å². The average Bonchev–Trinajstić information content (AvgIpc) is 2.92. The Labute approximate surface area is 165 Å². The Morgan fingerprint density at radius 2 is 1.79 bits per heavy atom. The Kier molecular flexibility index (Phi) is 6.51. The number of nitrogens with zero attached hydrogens (tertiary/aromatic N) is 1. The van der Waals surface area contributed by atoms with Gasteiger partial charge in [-0.15, -0.1) is 0 Å². The first-order chi connectivity index (χ1) is 13.0. The molecule has 0 saturated carbocycles. The fraction of sp³-hybridized carbons (Fsp3) is 0.429. The molecule has 1 amide bonds. The number of benzene rings is 1. The molecule has 152 valence electrons. The zero-order valence-corrected chi connectivity index (χ0v) is 17.2. The predicted molar refractivity (Wildman–Crippen MR) is 106 cm³/mol. The summed E-state index contributed by atoms with van der Waals surface area (Å²) in [7, 11) is 1.61. The minimum absolute atomic E-state index is 0.222. The fourth-order valence-corrected chi connectivity index (χ4v) is 2.86. The number of aromatic nitrogens is 1. The number of hydrogen-bond donors (Lipinski definition) is 2. The molecular formula is C21H28N2O5. The third-order valence-corrected chi connectivity index (χ3v) is 4.14. The van der Waals surface area contributed by atoms with E-state index in [1.165, 1.54) is 0 Å². The molecule has 0 spiro atoms. The summed E-state index contributed by atoms with van der Waals surface area (Å²) in [6.07, 6.45) is -1.42. The number of aliphatic hydroxyl groups excluding tert-OH is 1. The van der Waals surface area contributed by atoms with E-state index < -0.39 is 17.7 Å². The lowest BCUT2D eigenvalue weighted by Gasteiger charge is -2.21. The van der Waals surface area contributed by atoms with Crippen molar-refractivity contribution >= 4 is 11.9 Å². The second-order valence-electron chi connectivity index (χ2n) is 7.58. The van der Waals surface area contributed by atoms with Crippen LogP contribution in [0.2, 0.25) is 0 Å². The Bertz CT molecular complexity index is 847. The van der Waals surface area contributed by atoms with Crippen LogP contribution in [0.1, 0.15) is 42.5 Å². The summed E-state index contributed by atoms with van der Waals surface area (Å²) in [6.45, 7) is 8.67. The van der Waals surface area contributed by atoms with Gasteiger partial charge in [-0.2, -0.15) is 0 Å². The predicted octanol–water partition coefficient (Wildman–Crippen LogP) is 2.54. The Balaban J connectivity index is 2.11. The smallest absolute Gasteiger partial charge is 0.337 e. The van der Waals surface area contributed by atoms with Crippen molar-refractivity contribution in [3.63, 3.8) is 0 Å². The molecule has 0 fully saturated rings. The van der Waals surface area contributed by atoms with Gasteiger partial charge in [0.05, 0.1) is 19.2 Å². The number of aliphatic hydroxyl groups is 1. The van der Waals surface area contributed by atoms with E-state index in [1.54, 1.807) is 33.9 Å². The van der Waals surface area contributed by atoms with Gasteiger partial charge in [0.1, 0.15) is 11.4 Å². The molecule has 1 heterocycles. The van der Waals surface area contributed by atoms with Crippen molar-refractivity contribution in [2.24, 2.45) is 0 Å². The summed E-state index contributed by atoms with van der Waals surface area (Å²) < 4.78 is 12.2. The second-order valence-corrected chi connectivity index (χ2v) is 7.58. The number of carbonyl (C=O) groups excluding carboxylic acids is 2. The molecule has 0 bridgehead atoms. The third-order valence-electron chi connectivity index (χ3n) is 4.14. The van der Waals surface area contributed by atoms with Crippen molar-refractivity contribution < 1.29 is 24.2 Å². The van der Waals surface area contributed by atoms with Crippen molar-refractivity contribution in [3.8, 4) is 11.4 Å². The van der Waals surface area contributed by atoms with E-state index in [-0.39, 0.29) is 12.5 Å². The lowest BCUT2D eigenvalue weighted by atomic mass is 10.2. The maximum absolute atomic E-state index is 12.6. The highest BCUT2D eigenvalue weighted by atomic mass is 16.6. The summed E-state index contributed by atoms with van der Waals surface area (Å²) in [6, 6.07) is 9.30. The fourth-order valence-electron chi connectivity index (χ4n) is 2.86. The molecule has 1 aromatic carbocycles. The van der Waals surface area contributed by atoms with E-state index in [4.69, 9.17) is 9.47 Å². The standard InChI is InChI=1S/C21H28N2O5/c1-13-11-17(14(2)23(13)15-7-9-16(27-6)10-8-15)19(25)22-12-18(24)20(26)28-21(3,4)5/h7-11,18,24H,12H2,1-6H3,(H,22,25). The number of aryl methyl sites for hydroxylation is 1. The van der Waals surface area contributed by atoms with E-state index in [0.29, 0.717) is 5.56 Å². The van der Waals surface area contributed by atoms with Crippen molar-refractivity contribution in [1.29, 1.82) is 0 Å². The number of nitrogens with one attached hydrogen (secondary N) is 1. The van der Waals surface area contributed by atoms with Crippen LogP contribution in [0.4, 0.5) is 0 Å². The van der Waals surface area contributed by atoms with Crippen LogP contribution in [-0.2, 0) is 9.53 Å². The van der Waals surface area contributed by atoms with E-state index in [0.717, 1.165) is 22.8 Å². The average molecular weight is 388 g/mol. The molecule has 0 saturated heterocycles. The highest BCUT2D eigenvalue weighted by Crippen LogP contribution is 2.22. The first kappa shape index (κ1) is 21.5. The first-order valence-electron chi connectivity index (χ1n) is 9.06. The molecule has 1 atom stereocenters. The quantitative estimate of drug-likeness (QED) is 0.743. The van der Waals surface area contributed by atoms with E-state index in [1.807, 2.05) is 42.7 Å². The lowest BCUT2D eigenvalue weighted by Crippen LogP contribution is -2.40. The summed E-state index contributed by atoms with van der Waals surface area (Å²) in [4.78, 5) is 24.4. The van der Waals surface area contributed by atoms with E-state index >= 15 is 0 Å². The van der Waals surface area contributed by atoms with Gasteiger partial charge in [-0.1, -0.05) is 0 Å². The summed E-state index contributed by atoms with van der Waals surface area (Å²) in [5, 5.41) is 12.5. The lowest BCUT2D eigenvalue weighted by molar-refractivity contribution is -0.164. The van der Waals surface area contributed by atoms with Crippen molar-refractivity contribution in [2.45, 2.75) is 46.3 Å². The molecular weight excluding hydrogens is 360 g/mol. The van der Waals surface area contributed by atoms with Crippen LogP contribution in [0, 0.1) is 13.8 Å². The van der Waals surface area contributed by atoms with Gasteiger partial charge in [0.25, 0.3) is 5.91 Å². The zero-order chi connectivity index (χ0) is 21.1. The number of rotatable bonds is 6. The minimum atomic E-state index is -1.42. The Hall–Kier alpha value is -2.80.